The zero-order chi connectivity index (χ0) is 26.4. The molecule has 0 N–H and O–H groups in total. The number of hydrogen-bond donors (Lipinski definition) is 0. The first-order valence-electron chi connectivity index (χ1n) is 11.8. The van der Waals surface area contributed by atoms with Crippen LogP contribution in [0.25, 0.3) is 6.08 Å². The van der Waals surface area contributed by atoms with E-state index in [4.69, 9.17) is 9.47 Å². The number of nitrogens with zero attached hydrogens (tertiary/aromatic N) is 3. The van der Waals surface area contributed by atoms with Crippen LogP contribution in [-0.4, -0.2) is 78.8 Å². The minimum atomic E-state index is -0.539. The van der Waals surface area contributed by atoms with Gasteiger partial charge in [0.05, 0.1) is 11.5 Å². The van der Waals surface area contributed by atoms with Gasteiger partial charge >= 0.3 is 5.97 Å². The van der Waals surface area contributed by atoms with Crippen LogP contribution in [0.2, 0.25) is 0 Å². The summed E-state index contributed by atoms with van der Waals surface area (Å²) in [5, 5.41) is -0.503. The van der Waals surface area contributed by atoms with Crippen molar-refractivity contribution in [3.63, 3.8) is 0 Å². The lowest BCUT2D eigenvalue weighted by Crippen LogP contribution is -2.51. The number of carbonyl (C=O) groups is 4. The van der Waals surface area contributed by atoms with Crippen molar-refractivity contribution >= 4 is 62.5 Å². The summed E-state index contributed by atoms with van der Waals surface area (Å²) in [5.74, 6) is -0.963. The third kappa shape index (κ3) is 6.72. The van der Waals surface area contributed by atoms with Crippen LogP contribution in [0, 0.1) is 0 Å². The molecule has 0 saturated carbocycles. The summed E-state index contributed by atoms with van der Waals surface area (Å²) in [4.78, 5) is 55.3. The lowest BCUT2D eigenvalue weighted by molar-refractivity contribution is -0.145. The lowest BCUT2D eigenvalue weighted by Gasteiger charge is -2.36. The number of imide groups is 1. The molecule has 2 saturated heterocycles. The number of halogens is 1. The van der Waals surface area contributed by atoms with E-state index < -0.39 is 17.1 Å². The van der Waals surface area contributed by atoms with Crippen molar-refractivity contribution in [1.29, 1.82) is 0 Å². The molecule has 2 heterocycles. The Balaban J connectivity index is 1.39. The van der Waals surface area contributed by atoms with E-state index in [1.165, 1.54) is 6.08 Å². The zero-order valence-corrected chi connectivity index (χ0v) is 22.6. The Kier molecular flexibility index (Phi) is 8.88. The van der Waals surface area contributed by atoms with Crippen LogP contribution in [0.3, 0.4) is 0 Å². The Labute approximate surface area is 227 Å². The largest absolute Gasteiger partial charge is 0.481 e. The minimum absolute atomic E-state index is 0.172. The van der Waals surface area contributed by atoms with Crippen LogP contribution < -0.4 is 9.64 Å². The van der Waals surface area contributed by atoms with Gasteiger partial charge in [-0.25, -0.2) is 4.79 Å². The average molecular weight is 588 g/mol. The Hall–Kier alpha value is -3.31. The minimum Gasteiger partial charge on any atom is -0.481 e. The van der Waals surface area contributed by atoms with E-state index in [9.17, 15) is 19.2 Å². The number of amides is 3. The normalized spacial score (nSPS) is 16.9. The van der Waals surface area contributed by atoms with Gasteiger partial charge in [-0.05, 0) is 55.1 Å². The summed E-state index contributed by atoms with van der Waals surface area (Å²) in [5.41, 5.74) is 1.61. The van der Waals surface area contributed by atoms with Crippen LogP contribution in [0.1, 0.15) is 12.5 Å². The second-order valence-electron chi connectivity index (χ2n) is 8.25. The number of benzene rings is 2. The standard InChI is InChI=1S/C26H26BrN3O6S/c1-2-35-24(32)17-36-21-9-8-19(27)14-18(21)15-22-25(33)30(26(34)37-22)16-23(31)29-12-10-28(11-13-29)20-6-4-3-5-7-20/h3-9,14-15H,2,10-13,16-17H2,1H3/b22-15+. The predicted molar refractivity (Wildman–Crippen MR) is 144 cm³/mol. The van der Waals surface area contributed by atoms with E-state index in [-0.39, 0.29) is 30.6 Å². The molecule has 37 heavy (non-hydrogen) atoms. The topological polar surface area (TPSA) is 96.5 Å². The van der Waals surface area contributed by atoms with Crippen LogP contribution in [-0.2, 0) is 19.1 Å². The van der Waals surface area contributed by atoms with E-state index in [2.05, 4.69) is 20.8 Å². The van der Waals surface area contributed by atoms with E-state index in [0.717, 1.165) is 26.8 Å². The molecule has 0 radical (unpaired) electrons. The number of ether oxygens (including phenoxy) is 2. The molecule has 3 amide bonds. The summed E-state index contributed by atoms with van der Waals surface area (Å²) in [6.45, 7) is 3.72. The molecule has 4 rings (SSSR count). The summed E-state index contributed by atoms with van der Waals surface area (Å²) in [6.07, 6.45) is 1.53. The number of carbonyl (C=O) groups excluding carboxylic acids is 4. The summed E-state index contributed by atoms with van der Waals surface area (Å²) >= 11 is 4.15. The summed E-state index contributed by atoms with van der Waals surface area (Å²) in [7, 11) is 0. The van der Waals surface area contributed by atoms with Gasteiger partial charge in [0.1, 0.15) is 12.3 Å². The Bertz CT molecular complexity index is 1210. The number of para-hydroxylation sites is 1. The Morgan fingerprint density at radius 3 is 2.49 bits per heavy atom. The molecule has 9 nitrogen and oxygen atoms in total. The average Bonchev–Trinajstić information content (AvgIpc) is 3.16. The molecule has 0 aromatic heterocycles. The molecule has 2 aromatic carbocycles. The van der Waals surface area contributed by atoms with Crippen molar-refractivity contribution in [2.45, 2.75) is 6.92 Å². The fraction of sp³-hybridized carbons (Fsp3) is 0.308. The second kappa shape index (κ2) is 12.3. The SMILES string of the molecule is CCOC(=O)COc1ccc(Br)cc1/C=C1/SC(=O)N(CC(=O)N2CCN(c3ccccc3)CC2)C1=O. The van der Waals surface area contributed by atoms with Gasteiger partial charge in [0, 0.05) is 41.9 Å². The third-order valence-corrected chi connectivity index (χ3v) is 7.23. The zero-order valence-electron chi connectivity index (χ0n) is 20.2. The highest BCUT2D eigenvalue weighted by molar-refractivity contribution is 9.10. The van der Waals surface area contributed by atoms with Crippen molar-refractivity contribution in [2.75, 3.05) is 50.8 Å². The highest BCUT2D eigenvalue weighted by atomic mass is 79.9. The maximum Gasteiger partial charge on any atom is 0.344 e. The van der Waals surface area contributed by atoms with Gasteiger partial charge in [-0.1, -0.05) is 34.1 Å². The van der Waals surface area contributed by atoms with E-state index in [0.29, 0.717) is 37.5 Å². The van der Waals surface area contributed by atoms with E-state index in [1.807, 2.05) is 30.3 Å². The molecule has 2 aliphatic heterocycles. The van der Waals surface area contributed by atoms with Crippen molar-refractivity contribution in [1.82, 2.24) is 9.80 Å². The van der Waals surface area contributed by atoms with Crippen molar-refractivity contribution in [2.24, 2.45) is 0 Å². The van der Waals surface area contributed by atoms with Crippen LogP contribution in [0.15, 0.2) is 57.9 Å². The van der Waals surface area contributed by atoms with Gasteiger partial charge < -0.3 is 19.3 Å². The fourth-order valence-corrected chi connectivity index (χ4v) is 5.18. The quantitative estimate of drug-likeness (QED) is 0.340. The van der Waals surface area contributed by atoms with Gasteiger partial charge in [-0.3, -0.25) is 19.3 Å². The first-order valence-corrected chi connectivity index (χ1v) is 13.4. The van der Waals surface area contributed by atoms with E-state index >= 15 is 0 Å². The summed E-state index contributed by atoms with van der Waals surface area (Å²) in [6, 6.07) is 15.1. The molecule has 2 fully saturated rings. The number of anilines is 1. The molecule has 0 unspecified atom stereocenters. The molecular weight excluding hydrogens is 562 g/mol. The molecule has 2 aromatic rings. The van der Waals surface area contributed by atoms with Crippen molar-refractivity contribution in [3.8, 4) is 5.75 Å². The second-order valence-corrected chi connectivity index (χ2v) is 10.2. The molecule has 0 aliphatic carbocycles. The maximum absolute atomic E-state index is 13.0. The smallest absolute Gasteiger partial charge is 0.344 e. The monoisotopic (exact) mass is 587 g/mol. The van der Waals surface area contributed by atoms with Crippen LogP contribution in [0.4, 0.5) is 10.5 Å². The lowest BCUT2D eigenvalue weighted by atomic mass is 10.2. The van der Waals surface area contributed by atoms with Gasteiger partial charge in [-0.15, -0.1) is 0 Å². The van der Waals surface area contributed by atoms with Crippen LogP contribution in [0.5, 0.6) is 5.75 Å². The number of rotatable bonds is 8. The molecule has 2 aliphatic rings. The number of hydrogen-bond acceptors (Lipinski definition) is 8. The van der Waals surface area contributed by atoms with Crippen molar-refractivity contribution < 1.29 is 28.7 Å². The number of thioether (sulfide) groups is 1. The first-order chi connectivity index (χ1) is 17.9. The van der Waals surface area contributed by atoms with Gasteiger partial charge in [0.15, 0.2) is 6.61 Å². The van der Waals surface area contributed by atoms with Gasteiger partial charge in [-0.2, -0.15) is 0 Å². The Morgan fingerprint density at radius 2 is 1.78 bits per heavy atom. The number of piperazine rings is 1. The molecule has 0 spiro atoms. The van der Waals surface area contributed by atoms with Gasteiger partial charge in [0.2, 0.25) is 5.91 Å². The molecule has 11 heteroatoms. The Morgan fingerprint density at radius 1 is 1.05 bits per heavy atom. The summed E-state index contributed by atoms with van der Waals surface area (Å²) < 4.78 is 11.2. The molecular formula is C26H26BrN3O6S. The van der Waals surface area contributed by atoms with E-state index in [1.54, 1.807) is 30.0 Å². The molecule has 194 valence electrons. The first kappa shape index (κ1) is 26.7. The fourth-order valence-electron chi connectivity index (χ4n) is 3.97. The van der Waals surface area contributed by atoms with Crippen molar-refractivity contribution in [3.05, 3.63) is 63.5 Å². The highest BCUT2D eigenvalue weighted by Crippen LogP contribution is 2.35. The van der Waals surface area contributed by atoms with Crippen LogP contribution >= 0.6 is 27.7 Å². The number of esters is 1. The predicted octanol–water partition coefficient (Wildman–Crippen LogP) is 3.78. The highest BCUT2D eigenvalue weighted by Gasteiger charge is 2.37. The third-order valence-electron chi connectivity index (χ3n) is 5.83. The molecule has 0 bridgehead atoms. The van der Waals surface area contributed by atoms with Gasteiger partial charge in [0.25, 0.3) is 11.1 Å². The maximum atomic E-state index is 13.0. The molecule has 0 atom stereocenters.